The van der Waals surface area contributed by atoms with Crippen molar-refractivity contribution < 1.29 is 9.53 Å². The highest BCUT2D eigenvalue weighted by Gasteiger charge is 2.36. The number of likely N-dealkylation sites (tertiary alicyclic amines) is 1. The molecule has 1 amide bonds. The summed E-state index contributed by atoms with van der Waals surface area (Å²) in [6.45, 7) is 10.4. The smallest absolute Gasteiger partial charge is 0.410 e. The van der Waals surface area contributed by atoms with Gasteiger partial charge in [-0.3, -0.25) is 0 Å². The first-order chi connectivity index (χ1) is 10.2. The second-order valence-corrected chi connectivity index (χ2v) is 7.38. The zero-order valence-corrected chi connectivity index (χ0v) is 14.3. The number of carbonyl (C=O) groups is 1. The lowest BCUT2D eigenvalue weighted by atomic mass is 9.85. The average Bonchev–Trinajstić information content (AvgIpc) is 2.40. The summed E-state index contributed by atoms with van der Waals surface area (Å²) in [5.74, 6) is 0.263. The lowest BCUT2D eigenvalue weighted by molar-refractivity contribution is 0.00666. The maximum absolute atomic E-state index is 12.4. The van der Waals surface area contributed by atoms with Crippen LogP contribution in [-0.4, -0.2) is 35.2 Å². The van der Waals surface area contributed by atoms with Crippen LogP contribution in [-0.2, 0) is 4.74 Å². The van der Waals surface area contributed by atoms with Gasteiger partial charge in [0.15, 0.2) is 0 Å². The fraction of sp³-hybridized carbons (Fsp3) is 0.611. The number of carbonyl (C=O) groups excluding carboxylic acids is 1. The molecule has 122 valence electrons. The van der Waals surface area contributed by atoms with E-state index in [0.717, 1.165) is 6.42 Å². The Morgan fingerprint density at radius 2 is 1.86 bits per heavy atom. The summed E-state index contributed by atoms with van der Waals surface area (Å²) in [4.78, 5) is 14.2. The molecule has 1 aliphatic heterocycles. The van der Waals surface area contributed by atoms with Gasteiger partial charge in [0.25, 0.3) is 0 Å². The summed E-state index contributed by atoms with van der Waals surface area (Å²) in [6, 6.07) is 8.45. The molecule has 0 aliphatic carbocycles. The van der Waals surface area contributed by atoms with Crippen LogP contribution in [0.25, 0.3) is 0 Å². The quantitative estimate of drug-likeness (QED) is 0.864. The molecule has 0 saturated carbocycles. The highest BCUT2D eigenvalue weighted by atomic mass is 16.6. The van der Waals surface area contributed by atoms with E-state index in [2.05, 4.69) is 31.2 Å². The van der Waals surface area contributed by atoms with E-state index in [-0.39, 0.29) is 24.1 Å². The standard InChI is InChI=1S/C18H28N2O2/c1-12-6-8-14(9-7-12)15-10-16(19)13(2)20(11-15)17(21)22-18(3,4)5/h6-9,13,15-16H,10-11,19H2,1-5H3. The monoisotopic (exact) mass is 304 g/mol. The number of nitrogens with two attached hydrogens (primary N) is 1. The molecule has 22 heavy (non-hydrogen) atoms. The van der Waals surface area contributed by atoms with Crippen LogP contribution in [0.1, 0.15) is 51.2 Å². The Kier molecular flexibility index (Phi) is 4.81. The Bertz CT molecular complexity index is 519. The molecule has 3 unspecified atom stereocenters. The molecule has 4 heteroatoms. The molecule has 1 fully saturated rings. The molecular weight excluding hydrogens is 276 g/mol. The molecule has 1 aromatic rings. The van der Waals surface area contributed by atoms with Gasteiger partial charge < -0.3 is 15.4 Å². The molecule has 0 spiro atoms. The molecule has 4 nitrogen and oxygen atoms in total. The highest BCUT2D eigenvalue weighted by Crippen LogP contribution is 2.30. The van der Waals surface area contributed by atoms with Gasteiger partial charge in [-0.15, -0.1) is 0 Å². The molecule has 2 N–H and O–H groups in total. The van der Waals surface area contributed by atoms with E-state index in [1.165, 1.54) is 11.1 Å². The van der Waals surface area contributed by atoms with Crippen LogP contribution in [0.2, 0.25) is 0 Å². The van der Waals surface area contributed by atoms with Crippen LogP contribution in [0, 0.1) is 6.92 Å². The van der Waals surface area contributed by atoms with Crippen LogP contribution < -0.4 is 5.73 Å². The van der Waals surface area contributed by atoms with Gasteiger partial charge in [0.05, 0.1) is 0 Å². The van der Waals surface area contributed by atoms with Crippen molar-refractivity contribution in [1.82, 2.24) is 4.90 Å². The maximum atomic E-state index is 12.4. The van der Waals surface area contributed by atoms with Crippen LogP contribution in [0.3, 0.4) is 0 Å². The first kappa shape index (κ1) is 16.8. The van der Waals surface area contributed by atoms with Crippen LogP contribution >= 0.6 is 0 Å². The lowest BCUT2D eigenvalue weighted by Crippen LogP contribution is -2.55. The average molecular weight is 304 g/mol. The minimum Gasteiger partial charge on any atom is -0.444 e. The lowest BCUT2D eigenvalue weighted by Gasteiger charge is -2.42. The SMILES string of the molecule is Cc1ccc(C2CC(N)C(C)N(C(=O)OC(C)(C)C)C2)cc1. The summed E-state index contributed by atoms with van der Waals surface area (Å²) < 4.78 is 5.53. The Balaban J connectivity index is 2.16. The third-order valence-electron chi connectivity index (χ3n) is 4.26. The summed E-state index contributed by atoms with van der Waals surface area (Å²) in [7, 11) is 0. The van der Waals surface area contributed by atoms with E-state index < -0.39 is 5.60 Å². The van der Waals surface area contributed by atoms with Gasteiger partial charge in [-0.1, -0.05) is 29.8 Å². The first-order valence-corrected chi connectivity index (χ1v) is 7.99. The van der Waals surface area contributed by atoms with E-state index in [9.17, 15) is 4.79 Å². The summed E-state index contributed by atoms with van der Waals surface area (Å²) in [5.41, 5.74) is 8.26. The number of aryl methyl sites for hydroxylation is 1. The minimum absolute atomic E-state index is 0.00320. The second kappa shape index (κ2) is 6.29. The molecule has 1 aromatic carbocycles. The molecule has 1 heterocycles. The molecule has 2 rings (SSSR count). The van der Waals surface area contributed by atoms with E-state index >= 15 is 0 Å². The third kappa shape index (κ3) is 4.01. The number of benzene rings is 1. The Morgan fingerprint density at radius 3 is 2.41 bits per heavy atom. The number of rotatable bonds is 1. The Hall–Kier alpha value is -1.55. The Morgan fingerprint density at radius 1 is 1.27 bits per heavy atom. The molecule has 3 atom stereocenters. The van der Waals surface area contributed by atoms with Gasteiger partial charge in [-0.25, -0.2) is 4.79 Å². The van der Waals surface area contributed by atoms with Crippen molar-refractivity contribution in [2.45, 2.75) is 64.6 Å². The molecule has 1 saturated heterocycles. The van der Waals surface area contributed by atoms with Crippen molar-refractivity contribution in [2.24, 2.45) is 5.73 Å². The predicted molar refractivity (Wildman–Crippen MR) is 88.9 cm³/mol. The second-order valence-electron chi connectivity index (χ2n) is 7.38. The van der Waals surface area contributed by atoms with E-state index in [0.29, 0.717) is 6.54 Å². The van der Waals surface area contributed by atoms with Crippen LogP contribution in [0.5, 0.6) is 0 Å². The number of ether oxygens (including phenoxy) is 1. The van der Waals surface area contributed by atoms with Crippen molar-refractivity contribution in [2.75, 3.05) is 6.54 Å². The van der Waals surface area contributed by atoms with Crippen LogP contribution in [0.4, 0.5) is 4.79 Å². The molecular formula is C18H28N2O2. The maximum Gasteiger partial charge on any atom is 0.410 e. The number of hydrogen-bond acceptors (Lipinski definition) is 3. The summed E-state index contributed by atoms with van der Waals surface area (Å²) in [6.07, 6.45) is 0.621. The number of amides is 1. The molecule has 1 aliphatic rings. The number of nitrogens with zero attached hydrogens (tertiary/aromatic N) is 1. The molecule has 0 bridgehead atoms. The van der Waals surface area contributed by atoms with Gasteiger partial charge in [-0.05, 0) is 46.6 Å². The minimum atomic E-state index is -0.488. The van der Waals surface area contributed by atoms with Crippen molar-refractivity contribution >= 4 is 6.09 Å². The van der Waals surface area contributed by atoms with E-state index in [4.69, 9.17) is 10.5 Å². The summed E-state index contributed by atoms with van der Waals surface area (Å²) >= 11 is 0. The molecule has 0 aromatic heterocycles. The van der Waals surface area contributed by atoms with Gasteiger partial charge in [0, 0.05) is 24.5 Å². The Labute approximate surface area is 133 Å². The number of piperidine rings is 1. The fourth-order valence-electron chi connectivity index (χ4n) is 2.88. The largest absolute Gasteiger partial charge is 0.444 e. The van der Waals surface area contributed by atoms with Crippen molar-refractivity contribution in [3.05, 3.63) is 35.4 Å². The summed E-state index contributed by atoms with van der Waals surface area (Å²) in [5, 5.41) is 0. The highest BCUT2D eigenvalue weighted by molar-refractivity contribution is 5.69. The van der Waals surface area contributed by atoms with Crippen molar-refractivity contribution in [3.8, 4) is 0 Å². The van der Waals surface area contributed by atoms with Gasteiger partial charge in [0.2, 0.25) is 0 Å². The van der Waals surface area contributed by atoms with Crippen molar-refractivity contribution in [3.63, 3.8) is 0 Å². The van der Waals surface area contributed by atoms with Gasteiger partial charge in [0.1, 0.15) is 5.60 Å². The zero-order valence-electron chi connectivity index (χ0n) is 14.3. The zero-order chi connectivity index (χ0) is 16.5. The van der Waals surface area contributed by atoms with E-state index in [1.807, 2.05) is 27.7 Å². The number of hydrogen-bond donors (Lipinski definition) is 1. The van der Waals surface area contributed by atoms with Crippen molar-refractivity contribution in [1.29, 1.82) is 0 Å². The fourth-order valence-corrected chi connectivity index (χ4v) is 2.88. The third-order valence-corrected chi connectivity index (χ3v) is 4.26. The van der Waals surface area contributed by atoms with Gasteiger partial charge in [-0.2, -0.15) is 0 Å². The van der Waals surface area contributed by atoms with Crippen LogP contribution in [0.15, 0.2) is 24.3 Å². The molecule has 0 radical (unpaired) electrons. The normalized spacial score (nSPS) is 25.9. The van der Waals surface area contributed by atoms with Gasteiger partial charge >= 0.3 is 6.09 Å². The first-order valence-electron chi connectivity index (χ1n) is 7.99. The van der Waals surface area contributed by atoms with E-state index in [1.54, 1.807) is 4.90 Å². The topological polar surface area (TPSA) is 55.6 Å². The predicted octanol–water partition coefficient (Wildman–Crippen LogP) is 3.44.